The molecule has 0 bridgehead atoms. The maximum Gasteiger partial charge on any atom is 0.313 e. The summed E-state index contributed by atoms with van der Waals surface area (Å²) in [5.41, 5.74) is 2.02. The third-order valence-corrected chi connectivity index (χ3v) is 4.09. The lowest BCUT2D eigenvalue weighted by Crippen LogP contribution is -2.16. The fourth-order valence-electron chi connectivity index (χ4n) is 1.94. The lowest BCUT2D eigenvalue weighted by Gasteiger charge is -2.20. The van der Waals surface area contributed by atoms with Crippen molar-refractivity contribution in [3.63, 3.8) is 0 Å². The first kappa shape index (κ1) is 15.4. The van der Waals surface area contributed by atoms with Gasteiger partial charge >= 0.3 is 5.97 Å². The Morgan fingerprint density at radius 1 is 1.45 bits per heavy atom. The zero-order valence-electron chi connectivity index (χ0n) is 11.7. The van der Waals surface area contributed by atoms with Gasteiger partial charge in [0.25, 0.3) is 0 Å². The molecule has 0 spiro atoms. The molecule has 1 heterocycles. The maximum absolute atomic E-state index is 10.8. The first-order valence-electron chi connectivity index (χ1n) is 6.27. The second kappa shape index (κ2) is 5.77. The van der Waals surface area contributed by atoms with E-state index in [0.717, 1.165) is 27.2 Å². The fraction of sp³-hybridized carbons (Fsp3) is 0.429. The van der Waals surface area contributed by atoms with Crippen molar-refractivity contribution in [3.8, 4) is 0 Å². The Morgan fingerprint density at radius 3 is 2.75 bits per heavy atom. The Balaban J connectivity index is 2.47. The number of benzene rings is 1. The van der Waals surface area contributed by atoms with Crippen LogP contribution in [0.2, 0.25) is 0 Å². The highest BCUT2D eigenvalue weighted by molar-refractivity contribution is 9.10. The van der Waals surface area contributed by atoms with E-state index in [-0.39, 0.29) is 11.2 Å². The number of imidazole rings is 1. The van der Waals surface area contributed by atoms with Crippen LogP contribution in [0.15, 0.2) is 27.8 Å². The van der Waals surface area contributed by atoms with Crippen LogP contribution in [0.1, 0.15) is 20.8 Å². The number of thioether (sulfide) groups is 1. The Bertz CT molecular complexity index is 646. The summed E-state index contributed by atoms with van der Waals surface area (Å²) in [5.74, 6) is -0.806. The molecule has 0 radical (unpaired) electrons. The van der Waals surface area contributed by atoms with Gasteiger partial charge in [0, 0.05) is 11.0 Å². The van der Waals surface area contributed by atoms with Crippen LogP contribution in [-0.2, 0) is 11.3 Å². The van der Waals surface area contributed by atoms with E-state index in [0.29, 0.717) is 0 Å². The largest absolute Gasteiger partial charge is 0.481 e. The molecule has 6 heteroatoms. The highest BCUT2D eigenvalue weighted by atomic mass is 79.9. The van der Waals surface area contributed by atoms with E-state index in [1.165, 1.54) is 11.8 Å². The molecule has 0 unspecified atom stereocenters. The molecular weight excluding hydrogens is 340 g/mol. The summed E-state index contributed by atoms with van der Waals surface area (Å²) >= 11 is 4.70. The zero-order valence-corrected chi connectivity index (χ0v) is 14.1. The number of nitrogens with zero attached hydrogens (tertiary/aromatic N) is 2. The Labute approximate surface area is 130 Å². The molecule has 0 amide bonds. The van der Waals surface area contributed by atoms with Crippen LogP contribution in [-0.4, -0.2) is 26.4 Å². The lowest BCUT2D eigenvalue weighted by molar-refractivity contribution is -0.133. The molecule has 2 rings (SSSR count). The summed E-state index contributed by atoms with van der Waals surface area (Å²) < 4.78 is 3.08. The fourth-order valence-corrected chi connectivity index (χ4v) is 3.03. The van der Waals surface area contributed by atoms with E-state index in [1.807, 2.05) is 18.2 Å². The molecule has 0 aliphatic rings. The molecule has 0 aliphatic heterocycles. The number of rotatable bonds is 4. The standard InChI is InChI=1S/C14H17BrN2O2S/c1-14(2,3)8-17-11-5-4-9(15)6-10(11)16-13(17)20-7-12(18)19/h4-6H,7-8H2,1-3H3,(H,18,19). The average Bonchev–Trinajstić information content (AvgIpc) is 2.62. The van der Waals surface area contributed by atoms with Crippen LogP contribution < -0.4 is 0 Å². The predicted octanol–water partition coefficient (Wildman–Crippen LogP) is 4.02. The minimum atomic E-state index is -0.828. The van der Waals surface area contributed by atoms with E-state index in [9.17, 15) is 4.79 Å². The third kappa shape index (κ3) is 3.76. The summed E-state index contributed by atoms with van der Waals surface area (Å²) in [5, 5.41) is 9.61. The number of halogens is 1. The molecule has 1 N–H and O–H groups in total. The van der Waals surface area contributed by atoms with Crippen molar-refractivity contribution < 1.29 is 9.90 Å². The second-order valence-electron chi connectivity index (χ2n) is 5.86. The highest BCUT2D eigenvalue weighted by Crippen LogP contribution is 2.29. The quantitative estimate of drug-likeness (QED) is 0.840. The van der Waals surface area contributed by atoms with Crippen LogP contribution in [0, 0.1) is 5.41 Å². The van der Waals surface area contributed by atoms with Crippen molar-refractivity contribution in [1.82, 2.24) is 9.55 Å². The van der Waals surface area contributed by atoms with Crippen LogP contribution in [0.3, 0.4) is 0 Å². The van der Waals surface area contributed by atoms with Crippen LogP contribution in [0.4, 0.5) is 0 Å². The number of fused-ring (bicyclic) bond motifs is 1. The van der Waals surface area contributed by atoms with Gasteiger partial charge in [-0.25, -0.2) is 4.98 Å². The minimum absolute atomic E-state index is 0.0225. The van der Waals surface area contributed by atoms with Crippen molar-refractivity contribution in [2.45, 2.75) is 32.5 Å². The molecule has 0 saturated heterocycles. The minimum Gasteiger partial charge on any atom is -0.481 e. The number of carboxylic acids is 1. The summed E-state index contributed by atoms with van der Waals surface area (Å²) in [7, 11) is 0. The van der Waals surface area contributed by atoms with Gasteiger partial charge in [-0.15, -0.1) is 0 Å². The number of aliphatic carboxylic acids is 1. The molecule has 108 valence electrons. The van der Waals surface area contributed by atoms with Crippen molar-refractivity contribution in [1.29, 1.82) is 0 Å². The third-order valence-electron chi connectivity index (χ3n) is 2.63. The number of aromatic nitrogens is 2. The first-order chi connectivity index (χ1) is 9.26. The van der Waals surface area contributed by atoms with Gasteiger partial charge in [-0.05, 0) is 23.6 Å². The van der Waals surface area contributed by atoms with Gasteiger partial charge in [-0.1, -0.05) is 48.5 Å². The summed E-state index contributed by atoms with van der Waals surface area (Å²) in [6.07, 6.45) is 0. The van der Waals surface area contributed by atoms with Crippen molar-refractivity contribution in [3.05, 3.63) is 22.7 Å². The number of carboxylic acid groups (broad SMARTS) is 1. The van der Waals surface area contributed by atoms with Crippen LogP contribution in [0.25, 0.3) is 11.0 Å². The van der Waals surface area contributed by atoms with Gasteiger partial charge in [-0.2, -0.15) is 0 Å². The van der Waals surface area contributed by atoms with E-state index in [2.05, 4.69) is 46.3 Å². The molecule has 1 aromatic carbocycles. The number of carbonyl (C=O) groups is 1. The first-order valence-corrected chi connectivity index (χ1v) is 8.04. The lowest BCUT2D eigenvalue weighted by atomic mass is 9.97. The zero-order chi connectivity index (χ0) is 14.9. The number of hydrogen-bond donors (Lipinski definition) is 1. The van der Waals surface area contributed by atoms with Gasteiger partial charge in [-0.3, -0.25) is 4.79 Å². The van der Waals surface area contributed by atoms with Gasteiger partial charge in [0.05, 0.1) is 16.8 Å². The molecule has 0 aliphatic carbocycles. The van der Waals surface area contributed by atoms with Crippen LogP contribution in [0.5, 0.6) is 0 Å². The Morgan fingerprint density at radius 2 is 2.15 bits per heavy atom. The second-order valence-corrected chi connectivity index (χ2v) is 7.71. The highest BCUT2D eigenvalue weighted by Gasteiger charge is 2.18. The molecule has 1 aromatic heterocycles. The van der Waals surface area contributed by atoms with Crippen LogP contribution >= 0.6 is 27.7 Å². The monoisotopic (exact) mass is 356 g/mol. The molecule has 0 atom stereocenters. The predicted molar refractivity (Wildman–Crippen MR) is 85.2 cm³/mol. The van der Waals surface area contributed by atoms with Crippen molar-refractivity contribution in [2.75, 3.05) is 5.75 Å². The molecule has 0 saturated carbocycles. The number of hydrogen-bond acceptors (Lipinski definition) is 3. The van der Waals surface area contributed by atoms with Crippen molar-refractivity contribution in [2.24, 2.45) is 5.41 Å². The van der Waals surface area contributed by atoms with Gasteiger partial charge in [0.15, 0.2) is 5.16 Å². The summed E-state index contributed by atoms with van der Waals surface area (Å²) in [4.78, 5) is 15.3. The average molecular weight is 357 g/mol. The summed E-state index contributed by atoms with van der Waals surface area (Å²) in [6, 6.07) is 5.96. The molecule has 20 heavy (non-hydrogen) atoms. The normalized spacial score (nSPS) is 12.0. The topological polar surface area (TPSA) is 55.1 Å². The van der Waals surface area contributed by atoms with E-state index in [4.69, 9.17) is 5.11 Å². The molecule has 2 aromatic rings. The molecule has 0 fully saturated rings. The Hall–Kier alpha value is -1.01. The van der Waals surface area contributed by atoms with Gasteiger partial charge in [0.1, 0.15) is 0 Å². The molecular formula is C14H17BrN2O2S. The SMILES string of the molecule is CC(C)(C)Cn1c(SCC(=O)O)nc2cc(Br)ccc21. The van der Waals surface area contributed by atoms with E-state index < -0.39 is 5.97 Å². The van der Waals surface area contributed by atoms with E-state index in [1.54, 1.807) is 0 Å². The summed E-state index contributed by atoms with van der Waals surface area (Å²) in [6.45, 7) is 7.27. The van der Waals surface area contributed by atoms with Gasteiger partial charge in [0.2, 0.25) is 0 Å². The van der Waals surface area contributed by atoms with E-state index >= 15 is 0 Å². The Kier molecular flexibility index (Phi) is 4.44. The maximum atomic E-state index is 10.8. The smallest absolute Gasteiger partial charge is 0.313 e. The van der Waals surface area contributed by atoms with Gasteiger partial charge < -0.3 is 9.67 Å². The van der Waals surface area contributed by atoms with Crippen molar-refractivity contribution >= 4 is 44.7 Å². The molecule has 4 nitrogen and oxygen atoms in total.